The van der Waals surface area contributed by atoms with E-state index in [0.717, 1.165) is 12.8 Å². The van der Waals surface area contributed by atoms with Gasteiger partial charge in [0.15, 0.2) is 0 Å². The highest BCUT2D eigenvalue weighted by Crippen LogP contribution is 2.36. The van der Waals surface area contributed by atoms with Crippen LogP contribution in [0.15, 0.2) is 30.3 Å². The predicted molar refractivity (Wildman–Crippen MR) is 44.4 cm³/mol. The molecule has 2 atom stereocenters. The van der Waals surface area contributed by atoms with Crippen molar-refractivity contribution in [3.63, 3.8) is 0 Å². The van der Waals surface area contributed by atoms with Gasteiger partial charge in [0.1, 0.15) is 0 Å². The molecule has 0 spiro atoms. The molecule has 1 aromatic rings. The minimum atomic E-state index is -0.0857. The zero-order valence-electron chi connectivity index (χ0n) is 6.40. The predicted octanol–water partition coefficient (Wildman–Crippen LogP) is 1.92. The van der Waals surface area contributed by atoms with Gasteiger partial charge in [-0.1, -0.05) is 30.3 Å². The highest BCUT2D eigenvalue weighted by molar-refractivity contribution is 5.22. The van der Waals surface area contributed by atoms with E-state index in [2.05, 4.69) is 12.1 Å². The molecule has 1 aliphatic rings. The first-order valence-corrected chi connectivity index (χ1v) is 4.11. The summed E-state index contributed by atoms with van der Waals surface area (Å²) in [5.41, 5.74) is 1.28. The Morgan fingerprint density at radius 2 is 1.82 bits per heavy atom. The van der Waals surface area contributed by atoms with Gasteiger partial charge >= 0.3 is 0 Å². The molecule has 0 radical (unpaired) electrons. The second kappa shape index (κ2) is 2.67. The minimum absolute atomic E-state index is 0.0857. The summed E-state index contributed by atoms with van der Waals surface area (Å²) in [7, 11) is 0. The normalized spacial score (nSPS) is 29.5. The molecule has 1 saturated carbocycles. The van der Waals surface area contributed by atoms with Gasteiger partial charge in [0.05, 0.1) is 6.10 Å². The summed E-state index contributed by atoms with van der Waals surface area (Å²) < 4.78 is 0. The van der Waals surface area contributed by atoms with Crippen molar-refractivity contribution in [1.29, 1.82) is 0 Å². The molecule has 0 heterocycles. The molecule has 1 heteroatoms. The van der Waals surface area contributed by atoms with Gasteiger partial charge in [0, 0.05) is 5.92 Å². The van der Waals surface area contributed by atoms with Crippen LogP contribution in [0.2, 0.25) is 0 Å². The van der Waals surface area contributed by atoms with Crippen LogP contribution in [0.4, 0.5) is 0 Å². The molecule has 58 valence electrons. The summed E-state index contributed by atoms with van der Waals surface area (Å²) in [5.74, 6) is 0.413. The Kier molecular flexibility index (Phi) is 1.66. The van der Waals surface area contributed by atoms with Crippen molar-refractivity contribution in [1.82, 2.24) is 0 Å². The van der Waals surface area contributed by atoms with Crippen LogP contribution in [-0.4, -0.2) is 11.2 Å². The molecule has 2 rings (SSSR count). The SMILES string of the molecule is O[C@H]1CC[C@@H]1c1ccccc1. The van der Waals surface area contributed by atoms with Crippen LogP contribution in [0.3, 0.4) is 0 Å². The summed E-state index contributed by atoms with van der Waals surface area (Å²) in [6, 6.07) is 10.2. The number of hydrogen-bond acceptors (Lipinski definition) is 1. The lowest BCUT2D eigenvalue weighted by atomic mass is 9.77. The number of rotatable bonds is 1. The molecule has 1 aliphatic carbocycles. The van der Waals surface area contributed by atoms with Crippen molar-refractivity contribution in [2.75, 3.05) is 0 Å². The smallest absolute Gasteiger partial charge is 0.0609 e. The summed E-state index contributed by atoms with van der Waals surface area (Å²) >= 11 is 0. The Morgan fingerprint density at radius 3 is 2.27 bits per heavy atom. The summed E-state index contributed by atoms with van der Waals surface area (Å²) in [6.07, 6.45) is 2.03. The third-order valence-corrected chi connectivity index (χ3v) is 2.47. The number of aliphatic hydroxyl groups excluding tert-OH is 1. The molecular weight excluding hydrogens is 136 g/mol. The van der Waals surface area contributed by atoms with Crippen LogP contribution in [0.1, 0.15) is 24.3 Å². The molecule has 0 aromatic heterocycles. The molecule has 0 amide bonds. The molecule has 1 aromatic carbocycles. The molecule has 0 saturated heterocycles. The van der Waals surface area contributed by atoms with Crippen LogP contribution in [0, 0.1) is 0 Å². The minimum Gasteiger partial charge on any atom is -0.392 e. The highest BCUT2D eigenvalue weighted by atomic mass is 16.3. The third-order valence-electron chi connectivity index (χ3n) is 2.47. The monoisotopic (exact) mass is 148 g/mol. The fourth-order valence-electron chi connectivity index (χ4n) is 1.57. The number of aliphatic hydroxyl groups is 1. The van der Waals surface area contributed by atoms with E-state index >= 15 is 0 Å². The summed E-state index contributed by atoms with van der Waals surface area (Å²) in [5, 5.41) is 9.36. The second-order valence-electron chi connectivity index (χ2n) is 3.16. The lowest BCUT2D eigenvalue weighted by Crippen LogP contribution is -2.28. The topological polar surface area (TPSA) is 20.2 Å². The van der Waals surface area contributed by atoms with Gasteiger partial charge in [-0.2, -0.15) is 0 Å². The highest BCUT2D eigenvalue weighted by Gasteiger charge is 2.29. The summed E-state index contributed by atoms with van der Waals surface area (Å²) in [4.78, 5) is 0. The van der Waals surface area contributed by atoms with Gasteiger partial charge < -0.3 is 5.11 Å². The van der Waals surface area contributed by atoms with E-state index < -0.39 is 0 Å². The second-order valence-corrected chi connectivity index (χ2v) is 3.16. The third kappa shape index (κ3) is 1.16. The van der Waals surface area contributed by atoms with Crippen molar-refractivity contribution >= 4 is 0 Å². The first-order valence-electron chi connectivity index (χ1n) is 4.11. The largest absolute Gasteiger partial charge is 0.392 e. The van der Waals surface area contributed by atoms with E-state index in [9.17, 15) is 5.11 Å². The first kappa shape index (κ1) is 6.86. The number of hydrogen-bond donors (Lipinski definition) is 1. The average molecular weight is 148 g/mol. The van der Waals surface area contributed by atoms with E-state index in [-0.39, 0.29) is 6.10 Å². The van der Waals surface area contributed by atoms with Crippen molar-refractivity contribution in [3.05, 3.63) is 35.9 Å². The van der Waals surface area contributed by atoms with Crippen LogP contribution in [0.5, 0.6) is 0 Å². The molecule has 0 bridgehead atoms. The van der Waals surface area contributed by atoms with Crippen molar-refractivity contribution < 1.29 is 5.11 Å². The molecule has 0 unspecified atom stereocenters. The van der Waals surface area contributed by atoms with E-state index in [4.69, 9.17) is 0 Å². The lowest BCUT2D eigenvalue weighted by Gasteiger charge is -2.32. The van der Waals surface area contributed by atoms with Crippen molar-refractivity contribution in [2.24, 2.45) is 0 Å². The van der Waals surface area contributed by atoms with Crippen molar-refractivity contribution in [2.45, 2.75) is 24.9 Å². The maximum Gasteiger partial charge on any atom is 0.0609 e. The van der Waals surface area contributed by atoms with Gasteiger partial charge in [-0.3, -0.25) is 0 Å². The maximum absolute atomic E-state index is 9.36. The molecule has 0 aliphatic heterocycles. The Labute approximate surface area is 66.7 Å². The Hall–Kier alpha value is -0.820. The molecule has 1 N–H and O–H groups in total. The Balaban J connectivity index is 2.17. The molecular formula is C10H12O. The zero-order chi connectivity index (χ0) is 7.68. The summed E-state index contributed by atoms with van der Waals surface area (Å²) in [6.45, 7) is 0. The van der Waals surface area contributed by atoms with Gasteiger partial charge in [0.25, 0.3) is 0 Å². The molecule has 1 fully saturated rings. The van der Waals surface area contributed by atoms with E-state index in [0.29, 0.717) is 5.92 Å². The van der Waals surface area contributed by atoms with Gasteiger partial charge in [-0.05, 0) is 18.4 Å². The van der Waals surface area contributed by atoms with Crippen molar-refractivity contribution in [3.8, 4) is 0 Å². The van der Waals surface area contributed by atoms with Crippen LogP contribution < -0.4 is 0 Å². The standard InChI is InChI=1S/C10H12O/c11-10-7-6-9(10)8-4-2-1-3-5-8/h1-5,9-11H,6-7H2/t9-,10+/m1/s1. The fraction of sp³-hybridized carbons (Fsp3) is 0.400. The van der Waals surface area contributed by atoms with Gasteiger partial charge in [-0.25, -0.2) is 0 Å². The lowest BCUT2D eigenvalue weighted by molar-refractivity contribution is 0.0661. The quantitative estimate of drug-likeness (QED) is 0.645. The van der Waals surface area contributed by atoms with Crippen LogP contribution in [-0.2, 0) is 0 Å². The van der Waals surface area contributed by atoms with Crippen LogP contribution >= 0.6 is 0 Å². The molecule has 1 nitrogen and oxygen atoms in total. The van der Waals surface area contributed by atoms with Gasteiger partial charge in [0.2, 0.25) is 0 Å². The number of benzene rings is 1. The van der Waals surface area contributed by atoms with Gasteiger partial charge in [-0.15, -0.1) is 0 Å². The van der Waals surface area contributed by atoms with E-state index in [1.165, 1.54) is 5.56 Å². The Morgan fingerprint density at radius 1 is 1.09 bits per heavy atom. The first-order chi connectivity index (χ1) is 5.38. The molecule has 11 heavy (non-hydrogen) atoms. The maximum atomic E-state index is 9.36. The zero-order valence-corrected chi connectivity index (χ0v) is 6.40. The average Bonchev–Trinajstić information content (AvgIpc) is 2.04. The van der Waals surface area contributed by atoms with E-state index in [1.54, 1.807) is 0 Å². The van der Waals surface area contributed by atoms with E-state index in [1.807, 2.05) is 18.2 Å². The fourth-order valence-corrected chi connectivity index (χ4v) is 1.57. The Bertz CT molecular complexity index is 230. The van der Waals surface area contributed by atoms with Crippen LogP contribution in [0.25, 0.3) is 0 Å².